The van der Waals surface area contributed by atoms with Gasteiger partial charge in [0.2, 0.25) is 0 Å². The molecule has 3 heteroatoms. The number of nitrogens with one attached hydrogen (secondary N) is 1. The average molecular weight is 268 g/mol. The number of carbonyl (C=O) groups is 1. The molecule has 0 heterocycles. The fourth-order valence-corrected chi connectivity index (χ4v) is 2.36. The van der Waals surface area contributed by atoms with Gasteiger partial charge in [0.15, 0.2) is 0 Å². The van der Waals surface area contributed by atoms with Gasteiger partial charge in [0.05, 0.1) is 0 Å². The van der Waals surface area contributed by atoms with Gasteiger partial charge in [-0.25, -0.2) is 0 Å². The van der Waals surface area contributed by atoms with Crippen LogP contribution in [0.1, 0.15) is 41.8 Å². The number of alkyl halides is 1. The lowest BCUT2D eigenvalue weighted by Crippen LogP contribution is -2.37. The summed E-state index contributed by atoms with van der Waals surface area (Å²) in [7, 11) is 0. The molecule has 0 aliphatic carbocycles. The first-order valence-electron chi connectivity index (χ1n) is 6.38. The van der Waals surface area contributed by atoms with Crippen molar-refractivity contribution in [3.05, 3.63) is 34.9 Å². The molecular weight excluding hydrogens is 246 g/mol. The Morgan fingerprint density at radius 2 is 1.83 bits per heavy atom. The van der Waals surface area contributed by atoms with Crippen LogP contribution in [0.4, 0.5) is 0 Å². The lowest BCUT2D eigenvalue weighted by atomic mass is 10.0. The second-order valence-corrected chi connectivity index (χ2v) is 5.53. The van der Waals surface area contributed by atoms with Gasteiger partial charge in [-0.05, 0) is 37.3 Å². The van der Waals surface area contributed by atoms with E-state index >= 15 is 0 Å². The fraction of sp³-hybridized carbons (Fsp3) is 0.533. The van der Waals surface area contributed by atoms with E-state index in [1.54, 1.807) is 0 Å². The van der Waals surface area contributed by atoms with Crippen molar-refractivity contribution in [2.75, 3.05) is 5.88 Å². The summed E-state index contributed by atoms with van der Waals surface area (Å²) in [6, 6.07) is 5.92. The predicted molar refractivity (Wildman–Crippen MR) is 77.3 cm³/mol. The smallest absolute Gasteiger partial charge is 0.252 e. The van der Waals surface area contributed by atoms with Gasteiger partial charge in [-0.3, -0.25) is 4.79 Å². The van der Waals surface area contributed by atoms with Crippen LogP contribution >= 0.6 is 11.6 Å². The Balaban J connectivity index is 2.81. The van der Waals surface area contributed by atoms with Crippen LogP contribution < -0.4 is 5.32 Å². The highest BCUT2D eigenvalue weighted by molar-refractivity contribution is 6.18. The van der Waals surface area contributed by atoms with Gasteiger partial charge >= 0.3 is 0 Å². The zero-order valence-corrected chi connectivity index (χ0v) is 12.3. The third-order valence-electron chi connectivity index (χ3n) is 2.99. The summed E-state index contributed by atoms with van der Waals surface area (Å²) in [5.74, 6) is 0.957. The van der Waals surface area contributed by atoms with Crippen molar-refractivity contribution >= 4 is 17.5 Å². The third kappa shape index (κ3) is 4.02. The van der Waals surface area contributed by atoms with Crippen molar-refractivity contribution in [1.29, 1.82) is 0 Å². The van der Waals surface area contributed by atoms with Crippen LogP contribution in [-0.2, 0) is 0 Å². The fourth-order valence-electron chi connectivity index (χ4n) is 2.16. The molecule has 2 nitrogen and oxygen atoms in total. The lowest BCUT2D eigenvalue weighted by molar-refractivity contribution is 0.0935. The molecule has 0 bridgehead atoms. The summed E-state index contributed by atoms with van der Waals surface area (Å²) in [6.45, 7) is 8.18. The number of aryl methyl sites for hydroxylation is 2. The number of rotatable bonds is 5. The van der Waals surface area contributed by atoms with Crippen molar-refractivity contribution in [3.8, 4) is 0 Å². The van der Waals surface area contributed by atoms with E-state index in [0.29, 0.717) is 11.8 Å². The first-order valence-corrected chi connectivity index (χ1v) is 6.92. The number of carbonyl (C=O) groups excluding carboxylic acids is 1. The van der Waals surface area contributed by atoms with Crippen LogP contribution in [0.2, 0.25) is 0 Å². The van der Waals surface area contributed by atoms with Crippen molar-refractivity contribution in [2.24, 2.45) is 5.92 Å². The van der Waals surface area contributed by atoms with Crippen LogP contribution in [0.25, 0.3) is 0 Å². The maximum Gasteiger partial charge on any atom is 0.252 e. The minimum absolute atomic E-state index is 0.0168. The molecule has 0 spiro atoms. The maximum absolute atomic E-state index is 12.3. The van der Waals surface area contributed by atoms with E-state index in [-0.39, 0.29) is 11.9 Å². The Kier molecular flexibility index (Phi) is 5.67. The molecule has 0 radical (unpaired) electrons. The predicted octanol–water partition coefficient (Wildman–Crippen LogP) is 3.69. The van der Waals surface area contributed by atoms with E-state index in [1.165, 1.54) is 0 Å². The van der Waals surface area contributed by atoms with Crippen LogP contribution in [0.15, 0.2) is 18.2 Å². The summed E-state index contributed by atoms with van der Waals surface area (Å²) >= 11 is 5.91. The first-order chi connectivity index (χ1) is 8.45. The van der Waals surface area contributed by atoms with Gasteiger partial charge < -0.3 is 5.32 Å². The minimum Gasteiger partial charge on any atom is -0.348 e. The van der Waals surface area contributed by atoms with E-state index in [1.807, 2.05) is 32.0 Å². The van der Waals surface area contributed by atoms with Crippen molar-refractivity contribution in [1.82, 2.24) is 5.32 Å². The summed E-state index contributed by atoms with van der Waals surface area (Å²) in [5.41, 5.74) is 2.78. The molecule has 1 atom stereocenters. The average Bonchev–Trinajstić information content (AvgIpc) is 2.27. The second kappa shape index (κ2) is 6.79. The zero-order valence-electron chi connectivity index (χ0n) is 11.6. The van der Waals surface area contributed by atoms with Gasteiger partial charge in [0, 0.05) is 17.5 Å². The molecule has 1 N–H and O–H groups in total. The van der Waals surface area contributed by atoms with Crippen molar-refractivity contribution in [3.63, 3.8) is 0 Å². The van der Waals surface area contributed by atoms with E-state index in [9.17, 15) is 4.79 Å². The Labute approximate surface area is 115 Å². The Bertz CT molecular complexity index is 395. The van der Waals surface area contributed by atoms with Gasteiger partial charge in [0.25, 0.3) is 5.91 Å². The molecule has 100 valence electrons. The first kappa shape index (κ1) is 15.0. The normalized spacial score (nSPS) is 12.6. The summed E-state index contributed by atoms with van der Waals surface area (Å²) in [5, 5.41) is 3.03. The summed E-state index contributed by atoms with van der Waals surface area (Å²) in [4.78, 5) is 12.3. The molecule has 1 aromatic carbocycles. The zero-order chi connectivity index (χ0) is 13.7. The monoisotopic (exact) mass is 267 g/mol. The highest BCUT2D eigenvalue weighted by atomic mass is 35.5. The van der Waals surface area contributed by atoms with Crippen LogP contribution in [0.5, 0.6) is 0 Å². The summed E-state index contributed by atoms with van der Waals surface area (Å²) in [6.07, 6.45) is 0.903. The van der Waals surface area contributed by atoms with E-state index in [4.69, 9.17) is 11.6 Å². The molecule has 0 aromatic heterocycles. The Hall–Kier alpha value is -1.02. The van der Waals surface area contributed by atoms with E-state index in [2.05, 4.69) is 19.2 Å². The Morgan fingerprint density at radius 3 is 2.28 bits per heavy atom. The largest absolute Gasteiger partial charge is 0.348 e. The standard InChI is InChI=1S/C15H22ClNO/c1-10(2)8-13(9-16)17-15(18)14-11(3)6-5-7-12(14)4/h5-7,10,13H,8-9H2,1-4H3,(H,17,18). The molecule has 0 aliphatic rings. The summed E-state index contributed by atoms with van der Waals surface area (Å²) < 4.78 is 0. The SMILES string of the molecule is Cc1cccc(C)c1C(=O)NC(CCl)CC(C)C. The highest BCUT2D eigenvalue weighted by Crippen LogP contribution is 2.14. The maximum atomic E-state index is 12.3. The topological polar surface area (TPSA) is 29.1 Å². The molecule has 1 unspecified atom stereocenters. The van der Waals surface area contributed by atoms with Gasteiger partial charge in [-0.1, -0.05) is 32.0 Å². The van der Waals surface area contributed by atoms with Crippen molar-refractivity contribution < 1.29 is 4.79 Å². The number of hydrogen-bond donors (Lipinski definition) is 1. The molecule has 18 heavy (non-hydrogen) atoms. The van der Waals surface area contributed by atoms with E-state index in [0.717, 1.165) is 23.1 Å². The highest BCUT2D eigenvalue weighted by Gasteiger charge is 2.17. The molecular formula is C15H22ClNO. The van der Waals surface area contributed by atoms with Gasteiger partial charge in [0.1, 0.15) is 0 Å². The Morgan fingerprint density at radius 1 is 1.28 bits per heavy atom. The molecule has 0 saturated heterocycles. The van der Waals surface area contributed by atoms with Crippen LogP contribution in [-0.4, -0.2) is 17.8 Å². The number of amides is 1. The van der Waals surface area contributed by atoms with Crippen LogP contribution in [0.3, 0.4) is 0 Å². The minimum atomic E-state index is -0.0168. The molecule has 1 amide bonds. The quantitative estimate of drug-likeness (QED) is 0.810. The van der Waals surface area contributed by atoms with Gasteiger partial charge in [-0.15, -0.1) is 11.6 Å². The lowest BCUT2D eigenvalue weighted by Gasteiger charge is -2.19. The molecule has 0 saturated carbocycles. The van der Waals surface area contributed by atoms with Crippen molar-refractivity contribution in [2.45, 2.75) is 40.2 Å². The molecule has 1 aromatic rings. The molecule has 1 rings (SSSR count). The number of hydrogen-bond acceptors (Lipinski definition) is 1. The number of benzene rings is 1. The van der Waals surface area contributed by atoms with E-state index < -0.39 is 0 Å². The second-order valence-electron chi connectivity index (χ2n) is 5.22. The number of halogens is 1. The molecule has 0 fully saturated rings. The van der Waals surface area contributed by atoms with Gasteiger partial charge in [-0.2, -0.15) is 0 Å². The van der Waals surface area contributed by atoms with Crippen LogP contribution in [0, 0.1) is 19.8 Å². The third-order valence-corrected chi connectivity index (χ3v) is 3.36. The molecule has 0 aliphatic heterocycles.